The van der Waals surface area contributed by atoms with Crippen LogP contribution in [0.3, 0.4) is 0 Å². The third-order valence-electron chi connectivity index (χ3n) is 5.20. The summed E-state index contributed by atoms with van der Waals surface area (Å²) >= 11 is 0. The summed E-state index contributed by atoms with van der Waals surface area (Å²) in [6, 6.07) is 0. The number of nitrogens with zero attached hydrogens (tertiary/aromatic N) is 2. The van der Waals surface area contributed by atoms with Crippen molar-refractivity contribution in [3.8, 4) is 0 Å². The van der Waals surface area contributed by atoms with Gasteiger partial charge in [-0.2, -0.15) is 39.5 Å². The summed E-state index contributed by atoms with van der Waals surface area (Å²) in [5, 5.41) is 1.86. The molecule has 2 aliphatic heterocycles. The van der Waals surface area contributed by atoms with Crippen LogP contribution in [0.1, 0.15) is 19.3 Å². The highest BCUT2D eigenvalue weighted by atomic mass is 19.4. The average Bonchev–Trinajstić information content (AvgIpc) is 3.41. The molecule has 1 aliphatic carbocycles. The molecule has 0 bridgehead atoms. The summed E-state index contributed by atoms with van der Waals surface area (Å²) in [7, 11) is 0. The molecule has 0 aromatic heterocycles. The molecular weight excluding hydrogens is 473 g/mol. The van der Waals surface area contributed by atoms with Gasteiger partial charge in [0.15, 0.2) is 11.4 Å². The van der Waals surface area contributed by atoms with E-state index in [0.717, 1.165) is 0 Å². The van der Waals surface area contributed by atoms with Gasteiger partial charge in [0.1, 0.15) is 11.5 Å². The van der Waals surface area contributed by atoms with Crippen LogP contribution in [0.2, 0.25) is 0 Å². The van der Waals surface area contributed by atoms with E-state index in [1.807, 2.05) is 0 Å². The number of carbonyl (C=O) groups is 3. The molecule has 8 nitrogen and oxygen atoms in total. The van der Waals surface area contributed by atoms with Crippen molar-refractivity contribution in [2.75, 3.05) is 13.1 Å². The molecule has 2 atom stereocenters. The van der Waals surface area contributed by atoms with Gasteiger partial charge in [-0.1, -0.05) is 0 Å². The summed E-state index contributed by atoms with van der Waals surface area (Å²) in [4.78, 5) is 42.8. The molecule has 1 spiro atoms. The zero-order valence-corrected chi connectivity index (χ0v) is 15.5. The van der Waals surface area contributed by atoms with E-state index in [1.54, 1.807) is 0 Å². The Kier molecular flexibility index (Phi) is 5.42. The normalized spacial score (nSPS) is 27.9. The van der Waals surface area contributed by atoms with Crippen LogP contribution in [0, 0.1) is 5.41 Å². The fourth-order valence-corrected chi connectivity index (χ4v) is 3.38. The molecule has 32 heavy (non-hydrogen) atoms. The Labute approximate surface area is 171 Å². The first kappa shape index (κ1) is 24.1. The first-order chi connectivity index (χ1) is 14.5. The number of carbonyl (C=O) groups excluding carboxylic acids is 3. The number of piperidine rings is 1. The molecule has 2 heterocycles. The van der Waals surface area contributed by atoms with Crippen molar-refractivity contribution < 1.29 is 63.5 Å². The number of nitrogens with one attached hydrogen (secondary N) is 1. The van der Waals surface area contributed by atoms with Crippen LogP contribution in [0.4, 0.5) is 39.5 Å². The highest BCUT2D eigenvalue weighted by molar-refractivity contribution is 6.11. The second-order valence-corrected chi connectivity index (χ2v) is 7.26. The SMILES string of the molecule is O=C(OC1CNCCC12N=C(C1(C(F)(F)F)CC1)N(OC(=O)C(F)(F)F)C2=O)C(F)(F)F. The van der Waals surface area contributed by atoms with E-state index in [9.17, 15) is 53.9 Å². The summed E-state index contributed by atoms with van der Waals surface area (Å²) in [6.45, 7) is -0.924. The number of rotatable bonds is 3. The van der Waals surface area contributed by atoms with Gasteiger partial charge in [0.2, 0.25) is 0 Å². The lowest BCUT2D eigenvalue weighted by Gasteiger charge is -2.36. The van der Waals surface area contributed by atoms with Crippen LogP contribution in [0.5, 0.6) is 0 Å². The Morgan fingerprint density at radius 3 is 2.00 bits per heavy atom. The monoisotopic (exact) mass is 485 g/mol. The molecule has 1 amide bonds. The van der Waals surface area contributed by atoms with E-state index in [0.29, 0.717) is 0 Å². The van der Waals surface area contributed by atoms with Gasteiger partial charge in [0.25, 0.3) is 5.91 Å². The molecule has 1 saturated carbocycles. The maximum Gasteiger partial charge on any atom is 0.493 e. The molecule has 3 aliphatic rings. The predicted molar refractivity (Wildman–Crippen MR) is 80.3 cm³/mol. The lowest BCUT2D eigenvalue weighted by molar-refractivity contribution is -0.229. The lowest BCUT2D eigenvalue weighted by atomic mass is 9.86. The van der Waals surface area contributed by atoms with Gasteiger partial charge < -0.3 is 14.9 Å². The summed E-state index contributed by atoms with van der Waals surface area (Å²) in [6.07, 6.45) is -20.7. The minimum absolute atomic E-state index is 0.233. The number of hydrogen-bond acceptors (Lipinski definition) is 7. The number of alkyl halides is 9. The zero-order chi connectivity index (χ0) is 24.3. The fraction of sp³-hybridized carbons (Fsp3) is 0.733. The largest absolute Gasteiger partial charge is 0.493 e. The fourth-order valence-electron chi connectivity index (χ4n) is 3.38. The molecule has 3 rings (SSSR count). The van der Waals surface area contributed by atoms with Crippen molar-refractivity contribution in [1.82, 2.24) is 10.4 Å². The predicted octanol–water partition coefficient (Wildman–Crippen LogP) is 1.80. The Balaban J connectivity index is 2.06. The molecular formula is C15H12F9N3O5. The molecule has 1 N–H and O–H groups in total. The van der Waals surface area contributed by atoms with Gasteiger partial charge in [-0.05, 0) is 25.8 Å². The van der Waals surface area contributed by atoms with Crippen LogP contribution in [-0.4, -0.2) is 72.0 Å². The van der Waals surface area contributed by atoms with Gasteiger partial charge in [-0.25, -0.2) is 14.6 Å². The lowest BCUT2D eigenvalue weighted by Crippen LogP contribution is -2.60. The smallest absolute Gasteiger partial charge is 0.451 e. The van der Waals surface area contributed by atoms with E-state index >= 15 is 0 Å². The van der Waals surface area contributed by atoms with Gasteiger partial charge in [-0.3, -0.25) is 4.79 Å². The van der Waals surface area contributed by atoms with E-state index in [-0.39, 0.29) is 6.54 Å². The molecule has 2 unspecified atom stereocenters. The van der Waals surface area contributed by atoms with Gasteiger partial charge in [0.05, 0.1) is 0 Å². The van der Waals surface area contributed by atoms with Crippen molar-refractivity contribution >= 4 is 23.7 Å². The number of amidine groups is 1. The molecule has 0 aromatic carbocycles. The second-order valence-electron chi connectivity index (χ2n) is 7.26. The maximum absolute atomic E-state index is 13.6. The Bertz CT molecular complexity index is 862. The van der Waals surface area contributed by atoms with Crippen molar-refractivity contribution in [2.45, 2.75) is 49.4 Å². The maximum atomic E-state index is 13.6. The number of aliphatic imine (C=N–C) groups is 1. The van der Waals surface area contributed by atoms with E-state index in [2.05, 4.69) is 19.9 Å². The molecule has 1 saturated heterocycles. The van der Waals surface area contributed by atoms with E-state index in [4.69, 9.17) is 0 Å². The quantitative estimate of drug-likeness (QED) is 0.484. The standard InChI is InChI=1S/C15H12F9N3O5/c16-13(17,18)9(29)31-6-5-25-4-3-12(6)8(28)27(32-10(30)14(19,20)21)7(26-12)11(1-2-11)15(22,23)24/h6,25H,1-5H2. The number of esters is 1. The average molecular weight is 485 g/mol. The minimum Gasteiger partial charge on any atom is -0.451 e. The van der Waals surface area contributed by atoms with Crippen LogP contribution in [-0.2, 0) is 24.0 Å². The summed E-state index contributed by atoms with van der Waals surface area (Å²) in [5.74, 6) is -9.05. The number of hydrogen-bond donors (Lipinski definition) is 1. The molecule has 2 fully saturated rings. The third kappa shape index (κ3) is 3.86. The first-order valence-electron chi connectivity index (χ1n) is 8.75. The molecule has 180 valence electrons. The summed E-state index contributed by atoms with van der Waals surface area (Å²) < 4.78 is 121. The number of amides is 1. The van der Waals surface area contributed by atoms with Crippen molar-refractivity contribution in [1.29, 1.82) is 0 Å². The highest BCUT2D eigenvalue weighted by Crippen LogP contribution is 2.61. The van der Waals surface area contributed by atoms with Crippen LogP contribution >= 0.6 is 0 Å². The number of ether oxygens (including phenoxy) is 1. The van der Waals surface area contributed by atoms with Crippen molar-refractivity contribution in [3.05, 3.63) is 0 Å². The highest BCUT2D eigenvalue weighted by Gasteiger charge is 2.73. The minimum atomic E-state index is -5.72. The first-order valence-corrected chi connectivity index (χ1v) is 8.75. The topological polar surface area (TPSA) is 97.3 Å². The van der Waals surface area contributed by atoms with Crippen LogP contribution in [0.25, 0.3) is 0 Å². The van der Waals surface area contributed by atoms with Crippen LogP contribution < -0.4 is 5.32 Å². The number of hydroxylamine groups is 2. The van der Waals surface area contributed by atoms with Crippen molar-refractivity contribution in [2.24, 2.45) is 10.4 Å². The molecule has 17 heteroatoms. The van der Waals surface area contributed by atoms with Crippen molar-refractivity contribution in [3.63, 3.8) is 0 Å². The zero-order valence-electron chi connectivity index (χ0n) is 15.5. The van der Waals surface area contributed by atoms with E-state index in [1.165, 1.54) is 0 Å². The van der Waals surface area contributed by atoms with Gasteiger partial charge in [0, 0.05) is 6.54 Å². The molecule has 0 aromatic rings. The molecule has 0 radical (unpaired) electrons. The Hall–Kier alpha value is -2.59. The Morgan fingerprint density at radius 1 is 0.969 bits per heavy atom. The van der Waals surface area contributed by atoms with Gasteiger partial charge >= 0.3 is 30.5 Å². The third-order valence-corrected chi connectivity index (χ3v) is 5.20. The summed E-state index contributed by atoms with van der Waals surface area (Å²) in [5.41, 5.74) is -5.62. The van der Waals surface area contributed by atoms with E-state index < -0.39 is 90.1 Å². The van der Waals surface area contributed by atoms with Crippen LogP contribution in [0.15, 0.2) is 4.99 Å². The Morgan fingerprint density at radius 2 is 1.53 bits per heavy atom. The second kappa shape index (κ2) is 7.21. The van der Waals surface area contributed by atoms with Gasteiger partial charge in [-0.15, -0.1) is 5.06 Å². The number of halogens is 9.